The minimum absolute atomic E-state index is 0.0666. The number of amides is 1. The molecule has 0 N–H and O–H groups in total. The van der Waals surface area contributed by atoms with Crippen LogP contribution in [0, 0.1) is 0 Å². The summed E-state index contributed by atoms with van der Waals surface area (Å²) >= 11 is 7.67. The number of anilines is 1. The van der Waals surface area contributed by atoms with Crippen molar-refractivity contribution in [1.29, 1.82) is 0 Å². The van der Waals surface area contributed by atoms with E-state index in [1.54, 1.807) is 36.7 Å². The summed E-state index contributed by atoms with van der Waals surface area (Å²) in [6.07, 6.45) is 3.34. The molecule has 0 saturated heterocycles. The summed E-state index contributed by atoms with van der Waals surface area (Å²) in [6, 6.07) is 22.2. The van der Waals surface area contributed by atoms with Gasteiger partial charge in [0.1, 0.15) is 16.7 Å². The van der Waals surface area contributed by atoms with Gasteiger partial charge in [0.15, 0.2) is 5.13 Å². The van der Waals surface area contributed by atoms with E-state index in [1.807, 2.05) is 48.5 Å². The van der Waals surface area contributed by atoms with Crippen LogP contribution in [-0.4, -0.2) is 15.9 Å². The van der Waals surface area contributed by atoms with Crippen LogP contribution in [0.15, 0.2) is 94.4 Å². The van der Waals surface area contributed by atoms with Crippen molar-refractivity contribution >= 4 is 65.9 Å². The second kappa shape index (κ2) is 8.61. The number of hydrogen-bond donors (Lipinski definition) is 0. The fourth-order valence-electron chi connectivity index (χ4n) is 4.09. The molecule has 3 heterocycles. The lowest BCUT2D eigenvalue weighted by Gasteiger charge is -2.19. The van der Waals surface area contributed by atoms with Gasteiger partial charge in [0.2, 0.25) is 0 Å². The third-order valence-corrected chi connectivity index (χ3v) is 7.12. The minimum atomic E-state index is -0.701. The van der Waals surface area contributed by atoms with Gasteiger partial charge in [-0.25, -0.2) is 9.78 Å². The number of carbonyl (C=O) groups excluding carboxylic acids is 1. The van der Waals surface area contributed by atoms with Crippen LogP contribution in [0.4, 0.5) is 5.13 Å². The van der Waals surface area contributed by atoms with Crippen molar-refractivity contribution in [3.8, 4) is 0 Å². The molecule has 0 aliphatic rings. The van der Waals surface area contributed by atoms with Gasteiger partial charge in [0, 0.05) is 17.8 Å². The van der Waals surface area contributed by atoms with Gasteiger partial charge in [-0.15, -0.1) is 0 Å². The van der Waals surface area contributed by atoms with Crippen molar-refractivity contribution in [3.05, 3.63) is 112 Å². The Labute approximate surface area is 208 Å². The predicted octanol–water partition coefficient (Wildman–Crippen LogP) is 6.45. The molecule has 0 fully saturated rings. The molecule has 0 saturated carbocycles. The number of pyridine rings is 1. The highest BCUT2D eigenvalue weighted by molar-refractivity contribution is 7.22. The maximum atomic E-state index is 13.9. The highest BCUT2D eigenvalue weighted by Gasteiger charge is 2.26. The van der Waals surface area contributed by atoms with Crippen molar-refractivity contribution < 1.29 is 9.21 Å². The Bertz CT molecular complexity index is 1800. The lowest BCUT2D eigenvalue weighted by molar-refractivity contribution is 0.0981. The molecule has 6 nitrogen and oxygen atoms in total. The van der Waals surface area contributed by atoms with Crippen molar-refractivity contribution in [3.63, 3.8) is 0 Å². The standard InChI is InChI=1S/C27H16ClN3O3S/c28-21-8-3-9-23-24(21)30-27(35-23)31(15-16-5-4-12-29-14-16)25(32)20-13-19-18-7-2-1-6-17(18)10-11-22(19)34-26(20)33/h1-14H,15H2. The molecule has 0 aliphatic heterocycles. The molecule has 6 rings (SSSR count). The summed E-state index contributed by atoms with van der Waals surface area (Å²) in [4.78, 5) is 37.1. The molecule has 35 heavy (non-hydrogen) atoms. The summed E-state index contributed by atoms with van der Waals surface area (Å²) < 4.78 is 6.42. The molecule has 0 bridgehead atoms. The van der Waals surface area contributed by atoms with Crippen LogP contribution in [0.2, 0.25) is 5.02 Å². The van der Waals surface area contributed by atoms with Gasteiger partial charge >= 0.3 is 5.63 Å². The molecule has 3 aromatic heterocycles. The predicted molar refractivity (Wildman–Crippen MR) is 139 cm³/mol. The van der Waals surface area contributed by atoms with E-state index in [4.69, 9.17) is 16.0 Å². The number of aromatic nitrogens is 2. The lowest BCUT2D eigenvalue weighted by Crippen LogP contribution is -2.33. The number of nitrogens with zero attached hydrogens (tertiary/aromatic N) is 3. The number of thiazole rings is 1. The largest absolute Gasteiger partial charge is 0.422 e. The van der Waals surface area contributed by atoms with Crippen LogP contribution in [0.3, 0.4) is 0 Å². The van der Waals surface area contributed by atoms with Crippen molar-refractivity contribution in [2.45, 2.75) is 6.54 Å². The Morgan fingerprint density at radius 1 is 1.00 bits per heavy atom. The zero-order chi connectivity index (χ0) is 23.9. The Balaban J connectivity index is 1.52. The summed E-state index contributed by atoms with van der Waals surface area (Å²) in [5.41, 5.74) is 1.06. The zero-order valence-corrected chi connectivity index (χ0v) is 19.7. The highest BCUT2D eigenvalue weighted by atomic mass is 35.5. The first-order valence-electron chi connectivity index (χ1n) is 10.8. The van der Waals surface area contributed by atoms with Crippen LogP contribution in [0.25, 0.3) is 32.0 Å². The number of fused-ring (bicyclic) bond motifs is 4. The molecule has 1 amide bonds. The van der Waals surface area contributed by atoms with Gasteiger partial charge in [0.25, 0.3) is 5.91 Å². The number of rotatable bonds is 4. The van der Waals surface area contributed by atoms with Crippen LogP contribution in [0.1, 0.15) is 15.9 Å². The monoisotopic (exact) mass is 497 g/mol. The number of para-hydroxylation sites is 1. The smallest absolute Gasteiger partial charge is 0.349 e. The van der Waals surface area contributed by atoms with E-state index < -0.39 is 11.5 Å². The maximum Gasteiger partial charge on any atom is 0.349 e. The van der Waals surface area contributed by atoms with Crippen molar-refractivity contribution in [2.75, 3.05) is 4.90 Å². The SMILES string of the molecule is O=C(c1cc2c(ccc3ccccc32)oc1=O)N(Cc1cccnc1)c1nc2c(Cl)cccc2s1. The molecule has 3 aromatic carbocycles. The highest BCUT2D eigenvalue weighted by Crippen LogP contribution is 2.34. The lowest BCUT2D eigenvalue weighted by atomic mass is 10.0. The van der Waals surface area contributed by atoms with E-state index in [1.165, 1.54) is 16.2 Å². The minimum Gasteiger partial charge on any atom is -0.422 e. The van der Waals surface area contributed by atoms with Crippen LogP contribution in [-0.2, 0) is 6.54 Å². The van der Waals surface area contributed by atoms with Gasteiger partial charge in [-0.05, 0) is 46.7 Å². The summed E-state index contributed by atoms with van der Waals surface area (Å²) in [5.74, 6) is -0.507. The van der Waals surface area contributed by atoms with Crippen LogP contribution < -0.4 is 10.5 Å². The molecule has 8 heteroatoms. The number of benzene rings is 3. The van der Waals surface area contributed by atoms with Crippen LogP contribution in [0.5, 0.6) is 0 Å². The number of halogens is 1. The van der Waals surface area contributed by atoms with E-state index in [9.17, 15) is 9.59 Å². The fraction of sp³-hybridized carbons (Fsp3) is 0.0370. The summed E-state index contributed by atoms with van der Waals surface area (Å²) in [5, 5.41) is 3.50. The van der Waals surface area contributed by atoms with Gasteiger partial charge in [0.05, 0.1) is 16.3 Å². The van der Waals surface area contributed by atoms with E-state index in [0.29, 0.717) is 26.6 Å². The maximum absolute atomic E-state index is 13.9. The first-order chi connectivity index (χ1) is 17.1. The zero-order valence-electron chi connectivity index (χ0n) is 18.1. The Hall–Kier alpha value is -4.07. The Morgan fingerprint density at radius 2 is 1.89 bits per heavy atom. The summed E-state index contributed by atoms with van der Waals surface area (Å²) in [7, 11) is 0. The first kappa shape index (κ1) is 21.5. The average Bonchev–Trinajstić information content (AvgIpc) is 3.32. The number of carbonyl (C=O) groups is 1. The molecule has 0 spiro atoms. The second-order valence-corrected chi connectivity index (χ2v) is 9.40. The van der Waals surface area contributed by atoms with Crippen LogP contribution >= 0.6 is 22.9 Å². The molecule has 0 aliphatic carbocycles. The van der Waals surface area contributed by atoms with Crippen molar-refractivity contribution in [2.24, 2.45) is 0 Å². The first-order valence-corrected chi connectivity index (χ1v) is 12.0. The van der Waals surface area contributed by atoms with E-state index in [-0.39, 0.29) is 12.1 Å². The van der Waals surface area contributed by atoms with Gasteiger partial charge in [-0.1, -0.05) is 65.4 Å². The summed E-state index contributed by atoms with van der Waals surface area (Å²) in [6.45, 7) is 0.178. The van der Waals surface area contributed by atoms with Crippen molar-refractivity contribution in [1.82, 2.24) is 9.97 Å². The molecular formula is C27H16ClN3O3S. The molecule has 170 valence electrons. The Kier molecular flexibility index (Phi) is 5.28. The number of hydrogen-bond acceptors (Lipinski definition) is 6. The molecule has 6 aromatic rings. The fourth-order valence-corrected chi connectivity index (χ4v) is 5.35. The second-order valence-electron chi connectivity index (χ2n) is 7.98. The van der Waals surface area contributed by atoms with E-state index in [2.05, 4.69) is 9.97 Å². The molecule has 0 unspecified atom stereocenters. The molecule has 0 atom stereocenters. The average molecular weight is 498 g/mol. The normalized spacial score (nSPS) is 11.3. The van der Waals surface area contributed by atoms with E-state index in [0.717, 1.165) is 21.0 Å². The van der Waals surface area contributed by atoms with Gasteiger partial charge < -0.3 is 4.42 Å². The topological polar surface area (TPSA) is 76.3 Å². The Morgan fingerprint density at radius 3 is 2.71 bits per heavy atom. The quantitative estimate of drug-likeness (QED) is 0.206. The van der Waals surface area contributed by atoms with Gasteiger partial charge in [-0.2, -0.15) is 0 Å². The van der Waals surface area contributed by atoms with Gasteiger partial charge in [-0.3, -0.25) is 14.7 Å². The van der Waals surface area contributed by atoms with E-state index >= 15 is 0 Å². The third kappa shape index (κ3) is 3.84. The molecule has 0 radical (unpaired) electrons. The molecular weight excluding hydrogens is 482 g/mol. The third-order valence-electron chi connectivity index (χ3n) is 5.77.